The van der Waals surface area contributed by atoms with Crippen molar-refractivity contribution >= 4 is 17.7 Å². The van der Waals surface area contributed by atoms with Gasteiger partial charge in [0.25, 0.3) is 5.91 Å². The summed E-state index contributed by atoms with van der Waals surface area (Å²) in [4.78, 5) is 14.2. The third-order valence-corrected chi connectivity index (χ3v) is 3.81. The van der Waals surface area contributed by atoms with Gasteiger partial charge in [-0.25, -0.2) is 0 Å². The van der Waals surface area contributed by atoms with Crippen molar-refractivity contribution in [2.75, 3.05) is 25.6 Å². The Kier molecular flexibility index (Phi) is 7.21. The standard InChI is InChI=1S/C16H22N2OS/c1-13(9-11-20-3)18(2)16(19)15-8-4-6-14(12-15)7-5-10-17/h4,6,8,12-13H,9-11,17H2,1-3H3. The van der Waals surface area contributed by atoms with E-state index in [2.05, 4.69) is 25.0 Å². The van der Waals surface area contributed by atoms with E-state index in [0.717, 1.165) is 17.7 Å². The van der Waals surface area contributed by atoms with Gasteiger partial charge in [-0.15, -0.1) is 0 Å². The Morgan fingerprint density at radius 2 is 2.25 bits per heavy atom. The van der Waals surface area contributed by atoms with Crippen LogP contribution in [0.25, 0.3) is 0 Å². The minimum atomic E-state index is 0.0370. The van der Waals surface area contributed by atoms with E-state index in [-0.39, 0.29) is 11.9 Å². The molecular formula is C16H22N2OS. The first-order valence-electron chi connectivity index (χ1n) is 6.65. The molecule has 0 aliphatic rings. The molecule has 0 fully saturated rings. The third kappa shape index (κ3) is 4.92. The fourth-order valence-corrected chi connectivity index (χ4v) is 2.35. The van der Waals surface area contributed by atoms with Gasteiger partial charge in [-0.1, -0.05) is 17.9 Å². The lowest BCUT2D eigenvalue weighted by Crippen LogP contribution is -2.35. The van der Waals surface area contributed by atoms with E-state index in [9.17, 15) is 4.79 Å². The second-order valence-corrected chi connectivity index (χ2v) is 5.62. The molecule has 20 heavy (non-hydrogen) atoms. The number of thioether (sulfide) groups is 1. The van der Waals surface area contributed by atoms with Gasteiger partial charge in [-0.05, 0) is 43.6 Å². The highest BCUT2D eigenvalue weighted by Gasteiger charge is 2.17. The number of amides is 1. The predicted octanol–water partition coefficient (Wildman–Crippen LogP) is 2.21. The van der Waals surface area contributed by atoms with Gasteiger partial charge in [-0.2, -0.15) is 11.8 Å². The molecule has 1 rings (SSSR count). The summed E-state index contributed by atoms with van der Waals surface area (Å²) in [6, 6.07) is 7.62. The minimum absolute atomic E-state index is 0.0370. The monoisotopic (exact) mass is 290 g/mol. The van der Waals surface area contributed by atoms with E-state index in [1.807, 2.05) is 31.3 Å². The van der Waals surface area contributed by atoms with Crippen molar-refractivity contribution in [2.24, 2.45) is 5.73 Å². The molecular weight excluding hydrogens is 268 g/mol. The molecule has 0 bridgehead atoms. The number of nitrogens with two attached hydrogens (primary N) is 1. The Morgan fingerprint density at radius 1 is 1.50 bits per heavy atom. The van der Waals surface area contributed by atoms with E-state index in [4.69, 9.17) is 5.73 Å². The fourth-order valence-electron chi connectivity index (χ4n) is 1.77. The van der Waals surface area contributed by atoms with Gasteiger partial charge in [0.1, 0.15) is 0 Å². The average Bonchev–Trinajstić information content (AvgIpc) is 2.49. The molecule has 0 aromatic heterocycles. The van der Waals surface area contributed by atoms with Crippen LogP contribution >= 0.6 is 11.8 Å². The highest BCUT2D eigenvalue weighted by molar-refractivity contribution is 7.98. The Hall–Kier alpha value is -1.44. The smallest absolute Gasteiger partial charge is 0.253 e. The molecule has 1 aromatic rings. The van der Waals surface area contributed by atoms with Crippen molar-refractivity contribution in [3.8, 4) is 11.8 Å². The van der Waals surface area contributed by atoms with Gasteiger partial charge in [0, 0.05) is 24.2 Å². The van der Waals surface area contributed by atoms with Crippen molar-refractivity contribution in [2.45, 2.75) is 19.4 Å². The van der Waals surface area contributed by atoms with Gasteiger partial charge in [0.15, 0.2) is 0 Å². The number of rotatable bonds is 5. The molecule has 3 nitrogen and oxygen atoms in total. The van der Waals surface area contributed by atoms with E-state index in [1.165, 1.54) is 0 Å². The maximum Gasteiger partial charge on any atom is 0.253 e. The summed E-state index contributed by atoms with van der Waals surface area (Å²) >= 11 is 1.80. The summed E-state index contributed by atoms with van der Waals surface area (Å²) in [5, 5.41) is 0. The lowest BCUT2D eigenvalue weighted by molar-refractivity contribution is 0.0741. The summed E-state index contributed by atoms with van der Waals surface area (Å²) in [6.45, 7) is 2.40. The summed E-state index contributed by atoms with van der Waals surface area (Å²) in [5.74, 6) is 6.85. The molecule has 4 heteroatoms. The fraction of sp³-hybridized carbons (Fsp3) is 0.438. The van der Waals surface area contributed by atoms with Crippen molar-refractivity contribution in [1.29, 1.82) is 0 Å². The summed E-state index contributed by atoms with van der Waals surface area (Å²) < 4.78 is 0. The van der Waals surface area contributed by atoms with Crippen molar-refractivity contribution in [3.05, 3.63) is 35.4 Å². The number of hydrogen-bond acceptors (Lipinski definition) is 3. The Labute approximate surface area is 125 Å². The molecule has 0 radical (unpaired) electrons. The largest absolute Gasteiger partial charge is 0.339 e. The van der Waals surface area contributed by atoms with Gasteiger partial charge < -0.3 is 10.6 Å². The van der Waals surface area contributed by atoms with Crippen LogP contribution in [0.1, 0.15) is 29.3 Å². The number of benzene rings is 1. The predicted molar refractivity (Wildman–Crippen MR) is 86.9 cm³/mol. The van der Waals surface area contributed by atoms with Crippen LogP contribution in [0, 0.1) is 11.8 Å². The van der Waals surface area contributed by atoms with Crippen LogP contribution in [0.4, 0.5) is 0 Å². The zero-order valence-electron chi connectivity index (χ0n) is 12.3. The molecule has 0 spiro atoms. The molecule has 1 amide bonds. The van der Waals surface area contributed by atoms with Crippen LogP contribution in [-0.4, -0.2) is 42.4 Å². The first-order chi connectivity index (χ1) is 9.60. The van der Waals surface area contributed by atoms with Gasteiger partial charge >= 0.3 is 0 Å². The lowest BCUT2D eigenvalue weighted by Gasteiger charge is -2.25. The van der Waals surface area contributed by atoms with Gasteiger partial charge in [-0.3, -0.25) is 4.79 Å². The molecule has 0 aliphatic carbocycles. The van der Waals surface area contributed by atoms with Crippen LogP contribution in [0.15, 0.2) is 24.3 Å². The first-order valence-corrected chi connectivity index (χ1v) is 8.04. The van der Waals surface area contributed by atoms with Crippen molar-refractivity contribution in [1.82, 2.24) is 4.90 Å². The average molecular weight is 290 g/mol. The van der Waals surface area contributed by atoms with Crippen LogP contribution in [0.3, 0.4) is 0 Å². The number of nitrogens with zero attached hydrogens (tertiary/aromatic N) is 1. The number of carbonyl (C=O) groups is 1. The van der Waals surface area contributed by atoms with E-state index in [1.54, 1.807) is 16.7 Å². The first kappa shape index (κ1) is 16.6. The number of carbonyl (C=O) groups excluding carboxylic acids is 1. The Morgan fingerprint density at radius 3 is 2.90 bits per heavy atom. The second-order valence-electron chi connectivity index (χ2n) is 4.63. The third-order valence-electron chi connectivity index (χ3n) is 3.17. The molecule has 2 N–H and O–H groups in total. The van der Waals surface area contributed by atoms with E-state index < -0.39 is 0 Å². The second kappa shape index (κ2) is 8.68. The van der Waals surface area contributed by atoms with E-state index in [0.29, 0.717) is 12.1 Å². The molecule has 1 atom stereocenters. The maximum atomic E-state index is 12.4. The molecule has 1 aromatic carbocycles. The normalized spacial score (nSPS) is 11.4. The van der Waals surface area contributed by atoms with Gasteiger partial charge in [0.05, 0.1) is 6.54 Å². The van der Waals surface area contributed by atoms with Crippen LogP contribution in [0.2, 0.25) is 0 Å². The quantitative estimate of drug-likeness (QED) is 0.846. The number of hydrogen-bond donors (Lipinski definition) is 1. The highest BCUT2D eigenvalue weighted by Crippen LogP contribution is 2.12. The minimum Gasteiger partial charge on any atom is -0.339 e. The van der Waals surface area contributed by atoms with Crippen LogP contribution < -0.4 is 5.73 Å². The summed E-state index contributed by atoms with van der Waals surface area (Å²) in [5.41, 5.74) is 6.86. The lowest BCUT2D eigenvalue weighted by atomic mass is 10.1. The van der Waals surface area contributed by atoms with Crippen molar-refractivity contribution < 1.29 is 4.79 Å². The van der Waals surface area contributed by atoms with Crippen molar-refractivity contribution in [3.63, 3.8) is 0 Å². The highest BCUT2D eigenvalue weighted by atomic mass is 32.2. The molecule has 108 valence electrons. The molecule has 0 saturated carbocycles. The molecule has 0 saturated heterocycles. The topological polar surface area (TPSA) is 46.3 Å². The summed E-state index contributed by atoms with van der Waals surface area (Å²) in [7, 11) is 1.85. The zero-order valence-corrected chi connectivity index (χ0v) is 13.2. The SMILES string of the molecule is CSCCC(C)N(C)C(=O)c1cccc(C#CCN)c1. The zero-order chi connectivity index (χ0) is 15.0. The Bertz CT molecular complexity index is 505. The molecule has 0 aliphatic heterocycles. The van der Waals surface area contributed by atoms with Gasteiger partial charge in [0.2, 0.25) is 0 Å². The molecule has 1 unspecified atom stereocenters. The van der Waals surface area contributed by atoms with Crippen LogP contribution in [0.5, 0.6) is 0 Å². The molecule has 0 heterocycles. The van der Waals surface area contributed by atoms with E-state index >= 15 is 0 Å². The van der Waals surface area contributed by atoms with Crippen LogP contribution in [-0.2, 0) is 0 Å². The summed E-state index contributed by atoms with van der Waals surface area (Å²) in [6.07, 6.45) is 3.07. The maximum absolute atomic E-state index is 12.4. The Balaban J connectivity index is 2.80.